The third-order valence-corrected chi connectivity index (χ3v) is 2.42. The number of alkyl halides is 2. The second kappa shape index (κ2) is 3.61. The minimum absolute atomic E-state index is 0.0352. The number of ether oxygens (including phenoxy) is 1. The first-order valence-electron chi connectivity index (χ1n) is 4.68. The molecule has 1 saturated carbocycles. The SMILES string of the molecule is O=Cc1ccc(OCC2CC2(F)F)cc1. The molecule has 0 aromatic heterocycles. The molecule has 15 heavy (non-hydrogen) atoms. The van der Waals surface area contributed by atoms with Crippen LogP contribution in [0.4, 0.5) is 8.78 Å². The van der Waals surface area contributed by atoms with Crippen LogP contribution in [0.3, 0.4) is 0 Å². The van der Waals surface area contributed by atoms with Crippen LogP contribution in [0.5, 0.6) is 5.75 Å². The molecule has 0 bridgehead atoms. The number of hydrogen-bond donors (Lipinski definition) is 0. The standard InChI is InChI=1S/C11H10F2O2/c12-11(13)5-9(11)7-15-10-3-1-8(6-14)2-4-10/h1-4,6,9H,5,7H2. The number of rotatable bonds is 4. The van der Waals surface area contributed by atoms with Crippen molar-refractivity contribution >= 4 is 6.29 Å². The molecule has 1 aromatic rings. The number of aldehydes is 1. The smallest absolute Gasteiger partial charge is 0.255 e. The van der Waals surface area contributed by atoms with Gasteiger partial charge in [0, 0.05) is 12.0 Å². The van der Waals surface area contributed by atoms with E-state index in [1.165, 1.54) is 0 Å². The Morgan fingerprint density at radius 2 is 2.00 bits per heavy atom. The monoisotopic (exact) mass is 212 g/mol. The molecule has 0 radical (unpaired) electrons. The molecule has 1 aliphatic carbocycles. The van der Waals surface area contributed by atoms with Crippen LogP contribution in [0.2, 0.25) is 0 Å². The van der Waals surface area contributed by atoms with Crippen LogP contribution in [-0.2, 0) is 0 Å². The quantitative estimate of drug-likeness (QED) is 0.717. The fourth-order valence-electron chi connectivity index (χ4n) is 1.29. The molecule has 0 amide bonds. The molecule has 80 valence electrons. The van der Waals surface area contributed by atoms with Gasteiger partial charge in [-0.15, -0.1) is 0 Å². The lowest BCUT2D eigenvalue weighted by Gasteiger charge is -2.04. The molecule has 2 rings (SSSR count). The van der Waals surface area contributed by atoms with Gasteiger partial charge in [0.25, 0.3) is 5.92 Å². The van der Waals surface area contributed by atoms with Gasteiger partial charge < -0.3 is 4.74 Å². The third-order valence-electron chi connectivity index (χ3n) is 2.42. The van der Waals surface area contributed by atoms with Crippen LogP contribution in [-0.4, -0.2) is 18.8 Å². The lowest BCUT2D eigenvalue weighted by atomic mass is 10.2. The molecule has 1 aromatic carbocycles. The maximum absolute atomic E-state index is 12.5. The molecule has 1 unspecified atom stereocenters. The maximum atomic E-state index is 12.5. The van der Waals surface area contributed by atoms with Crippen molar-refractivity contribution in [2.45, 2.75) is 12.3 Å². The highest BCUT2D eigenvalue weighted by Gasteiger charge is 2.57. The summed E-state index contributed by atoms with van der Waals surface area (Å²) < 4.78 is 30.2. The average Bonchev–Trinajstić information content (AvgIpc) is 2.84. The van der Waals surface area contributed by atoms with E-state index < -0.39 is 11.8 Å². The van der Waals surface area contributed by atoms with Crippen LogP contribution in [0.25, 0.3) is 0 Å². The van der Waals surface area contributed by atoms with Gasteiger partial charge in [-0.05, 0) is 24.3 Å². The van der Waals surface area contributed by atoms with Crippen molar-refractivity contribution in [3.63, 3.8) is 0 Å². The van der Waals surface area contributed by atoms with Gasteiger partial charge in [0.2, 0.25) is 0 Å². The largest absolute Gasteiger partial charge is 0.493 e. The van der Waals surface area contributed by atoms with Gasteiger partial charge in [0.05, 0.1) is 12.5 Å². The Balaban J connectivity index is 1.86. The van der Waals surface area contributed by atoms with Crippen LogP contribution < -0.4 is 4.74 Å². The highest BCUT2D eigenvalue weighted by Crippen LogP contribution is 2.48. The third kappa shape index (κ3) is 2.32. The van der Waals surface area contributed by atoms with E-state index in [-0.39, 0.29) is 13.0 Å². The fourth-order valence-corrected chi connectivity index (χ4v) is 1.29. The molecule has 0 aliphatic heterocycles. The van der Waals surface area contributed by atoms with E-state index in [0.29, 0.717) is 11.3 Å². The number of carbonyl (C=O) groups is 1. The van der Waals surface area contributed by atoms with Crippen LogP contribution in [0.15, 0.2) is 24.3 Å². The van der Waals surface area contributed by atoms with Gasteiger partial charge in [-0.25, -0.2) is 8.78 Å². The highest BCUT2D eigenvalue weighted by atomic mass is 19.3. The van der Waals surface area contributed by atoms with Crippen molar-refractivity contribution in [2.75, 3.05) is 6.61 Å². The van der Waals surface area contributed by atoms with Gasteiger partial charge in [0.15, 0.2) is 0 Å². The number of halogens is 2. The predicted molar refractivity (Wildman–Crippen MR) is 50.4 cm³/mol. The number of hydrogen-bond acceptors (Lipinski definition) is 2. The zero-order valence-electron chi connectivity index (χ0n) is 7.95. The maximum Gasteiger partial charge on any atom is 0.255 e. The van der Waals surface area contributed by atoms with Crippen molar-refractivity contribution in [3.8, 4) is 5.75 Å². The van der Waals surface area contributed by atoms with Gasteiger partial charge in [-0.2, -0.15) is 0 Å². The minimum atomic E-state index is -2.54. The summed E-state index contributed by atoms with van der Waals surface area (Å²) in [6.07, 6.45) is 0.637. The van der Waals surface area contributed by atoms with Crippen LogP contribution in [0.1, 0.15) is 16.8 Å². The molecule has 0 N–H and O–H groups in total. The Morgan fingerprint density at radius 1 is 1.40 bits per heavy atom. The van der Waals surface area contributed by atoms with Crippen molar-refractivity contribution < 1.29 is 18.3 Å². The van der Waals surface area contributed by atoms with E-state index in [2.05, 4.69) is 0 Å². The molecule has 0 spiro atoms. The molecule has 1 fully saturated rings. The zero-order chi connectivity index (χ0) is 10.9. The summed E-state index contributed by atoms with van der Waals surface area (Å²) >= 11 is 0. The Kier molecular flexibility index (Phi) is 2.42. The van der Waals surface area contributed by atoms with Gasteiger partial charge >= 0.3 is 0 Å². The van der Waals surface area contributed by atoms with E-state index in [9.17, 15) is 13.6 Å². The lowest BCUT2D eigenvalue weighted by Crippen LogP contribution is -2.05. The summed E-state index contributed by atoms with van der Waals surface area (Å²) in [6.45, 7) is 0.0352. The number of carbonyl (C=O) groups excluding carboxylic acids is 1. The van der Waals surface area contributed by atoms with Crippen LogP contribution >= 0.6 is 0 Å². The van der Waals surface area contributed by atoms with E-state index >= 15 is 0 Å². The summed E-state index contributed by atoms with van der Waals surface area (Å²) in [5.41, 5.74) is 0.541. The molecule has 0 heterocycles. The van der Waals surface area contributed by atoms with Gasteiger partial charge in [-0.1, -0.05) is 0 Å². The Hall–Kier alpha value is -1.45. The normalized spacial score (nSPS) is 22.1. The van der Waals surface area contributed by atoms with Gasteiger partial charge in [0.1, 0.15) is 12.0 Å². The second-order valence-electron chi connectivity index (χ2n) is 3.66. The molecule has 2 nitrogen and oxygen atoms in total. The first-order valence-corrected chi connectivity index (χ1v) is 4.68. The Morgan fingerprint density at radius 3 is 2.47 bits per heavy atom. The summed E-state index contributed by atoms with van der Waals surface area (Å²) in [6, 6.07) is 6.38. The summed E-state index contributed by atoms with van der Waals surface area (Å²) in [4.78, 5) is 10.3. The van der Waals surface area contributed by atoms with Crippen molar-refractivity contribution in [1.82, 2.24) is 0 Å². The minimum Gasteiger partial charge on any atom is -0.493 e. The first kappa shape index (κ1) is 10.1. The molecule has 1 aliphatic rings. The summed E-state index contributed by atoms with van der Waals surface area (Å²) in [7, 11) is 0. The Labute approximate surface area is 85.9 Å². The van der Waals surface area contributed by atoms with Crippen molar-refractivity contribution in [2.24, 2.45) is 5.92 Å². The fraction of sp³-hybridized carbons (Fsp3) is 0.364. The molecular weight excluding hydrogens is 202 g/mol. The van der Waals surface area contributed by atoms with E-state index in [0.717, 1.165) is 6.29 Å². The highest BCUT2D eigenvalue weighted by molar-refractivity contribution is 5.74. The van der Waals surface area contributed by atoms with Crippen LogP contribution in [0, 0.1) is 5.92 Å². The molecule has 4 heteroatoms. The predicted octanol–water partition coefficient (Wildman–Crippen LogP) is 2.53. The zero-order valence-corrected chi connectivity index (χ0v) is 7.95. The van der Waals surface area contributed by atoms with Crippen molar-refractivity contribution in [3.05, 3.63) is 29.8 Å². The molecule has 1 atom stereocenters. The topological polar surface area (TPSA) is 26.3 Å². The molecular formula is C11H10F2O2. The Bertz CT molecular complexity index is 359. The first-order chi connectivity index (χ1) is 7.12. The van der Waals surface area contributed by atoms with E-state index in [4.69, 9.17) is 4.74 Å². The summed E-state index contributed by atoms with van der Waals surface area (Å²) in [5, 5.41) is 0. The summed E-state index contributed by atoms with van der Waals surface area (Å²) in [5.74, 6) is -2.67. The number of benzene rings is 1. The van der Waals surface area contributed by atoms with Crippen molar-refractivity contribution in [1.29, 1.82) is 0 Å². The van der Waals surface area contributed by atoms with E-state index in [1.807, 2.05) is 0 Å². The molecule has 0 saturated heterocycles. The lowest BCUT2D eigenvalue weighted by molar-refractivity contribution is 0.0856. The second-order valence-corrected chi connectivity index (χ2v) is 3.66. The van der Waals surface area contributed by atoms with E-state index in [1.54, 1.807) is 24.3 Å². The average molecular weight is 212 g/mol. The van der Waals surface area contributed by atoms with Gasteiger partial charge in [-0.3, -0.25) is 4.79 Å².